The molecule has 2 atom stereocenters. The van der Waals surface area contributed by atoms with E-state index in [1.165, 1.54) is 7.11 Å². The van der Waals surface area contributed by atoms with Crippen molar-refractivity contribution < 1.29 is 24.1 Å². The predicted molar refractivity (Wildman–Crippen MR) is 79.7 cm³/mol. The van der Waals surface area contributed by atoms with E-state index < -0.39 is 12.2 Å². The van der Waals surface area contributed by atoms with Crippen molar-refractivity contribution in [3.05, 3.63) is 53.6 Å². The molecule has 1 N–H and O–H groups in total. The molecule has 114 valence electrons. The highest BCUT2D eigenvalue weighted by molar-refractivity contribution is 6.03. The third kappa shape index (κ3) is 2.40. The predicted octanol–water partition coefficient (Wildman–Crippen LogP) is 2.38. The molecule has 0 saturated carbocycles. The fourth-order valence-corrected chi connectivity index (χ4v) is 2.50. The fraction of sp³-hybridized carbons (Fsp3) is 0.235. The number of fused-ring (bicyclic) bond motifs is 1. The van der Waals surface area contributed by atoms with Gasteiger partial charge in [-0.3, -0.25) is 4.79 Å². The molecule has 3 rings (SSSR count). The highest BCUT2D eigenvalue weighted by Crippen LogP contribution is 2.37. The first-order chi connectivity index (χ1) is 10.6. The van der Waals surface area contributed by atoms with Crippen LogP contribution in [0.4, 0.5) is 0 Å². The van der Waals surface area contributed by atoms with E-state index in [0.717, 1.165) is 0 Å². The summed E-state index contributed by atoms with van der Waals surface area (Å²) in [5.41, 5.74) is 1.01. The molecule has 22 heavy (non-hydrogen) atoms. The Morgan fingerprint density at radius 1 is 1.05 bits per heavy atom. The van der Waals surface area contributed by atoms with Gasteiger partial charge in [-0.05, 0) is 35.9 Å². The van der Waals surface area contributed by atoms with Crippen LogP contribution >= 0.6 is 0 Å². The van der Waals surface area contributed by atoms with Gasteiger partial charge in [-0.1, -0.05) is 12.1 Å². The first-order valence-electron chi connectivity index (χ1n) is 6.85. The zero-order valence-electron chi connectivity index (χ0n) is 12.3. The Balaban J connectivity index is 2.00. The Morgan fingerprint density at radius 2 is 1.77 bits per heavy atom. The van der Waals surface area contributed by atoms with Gasteiger partial charge in [0.2, 0.25) is 0 Å². The van der Waals surface area contributed by atoms with Gasteiger partial charge in [0.15, 0.2) is 18.0 Å². The van der Waals surface area contributed by atoms with Gasteiger partial charge in [0.1, 0.15) is 17.2 Å². The number of carbonyl (C=O) groups excluding carboxylic acids is 1. The van der Waals surface area contributed by atoms with E-state index in [4.69, 9.17) is 14.2 Å². The van der Waals surface area contributed by atoms with E-state index in [1.54, 1.807) is 49.6 Å². The lowest BCUT2D eigenvalue weighted by molar-refractivity contribution is 0.0215. The lowest BCUT2D eigenvalue weighted by atomic mass is 9.93. The van der Waals surface area contributed by atoms with Gasteiger partial charge in [0, 0.05) is 0 Å². The molecule has 0 fully saturated rings. The van der Waals surface area contributed by atoms with Gasteiger partial charge in [-0.15, -0.1) is 0 Å². The number of Topliss-reactive ketones (excluding diaryl/α,β-unsaturated/α-hetero) is 1. The third-order valence-electron chi connectivity index (χ3n) is 3.68. The Labute approximate surface area is 128 Å². The summed E-state index contributed by atoms with van der Waals surface area (Å²) in [7, 11) is 3.08. The van der Waals surface area contributed by atoms with Crippen molar-refractivity contribution in [1.82, 2.24) is 0 Å². The van der Waals surface area contributed by atoms with Crippen molar-refractivity contribution in [3.63, 3.8) is 0 Å². The maximum absolute atomic E-state index is 12.4. The van der Waals surface area contributed by atoms with Crippen LogP contribution in [0.3, 0.4) is 0 Å². The standard InChI is InChI=1S/C17H16O5/c1-20-11-5-3-4-10(8-11)17-16(19)15(18)13-9-12(21-2)6-7-14(13)22-17/h3-9,16-17,19H,1-2H3/t16-,17+/m0/s1. The molecule has 2 aromatic carbocycles. The highest BCUT2D eigenvalue weighted by Gasteiger charge is 2.37. The van der Waals surface area contributed by atoms with Gasteiger partial charge >= 0.3 is 0 Å². The topological polar surface area (TPSA) is 65.0 Å². The average molecular weight is 300 g/mol. The molecule has 0 amide bonds. The molecule has 0 saturated heterocycles. The number of rotatable bonds is 3. The first kappa shape index (κ1) is 14.4. The van der Waals surface area contributed by atoms with Gasteiger partial charge in [-0.2, -0.15) is 0 Å². The van der Waals surface area contributed by atoms with Gasteiger partial charge in [0.05, 0.1) is 19.8 Å². The van der Waals surface area contributed by atoms with E-state index in [-0.39, 0.29) is 5.78 Å². The largest absolute Gasteiger partial charge is 0.497 e. The smallest absolute Gasteiger partial charge is 0.199 e. The van der Waals surface area contributed by atoms with Crippen LogP contribution in [-0.2, 0) is 0 Å². The van der Waals surface area contributed by atoms with E-state index in [0.29, 0.717) is 28.4 Å². The van der Waals surface area contributed by atoms with Gasteiger partial charge < -0.3 is 19.3 Å². The number of hydrogen-bond acceptors (Lipinski definition) is 5. The highest BCUT2D eigenvalue weighted by atomic mass is 16.5. The monoisotopic (exact) mass is 300 g/mol. The second-order valence-electron chi connectivity index (χ2n) is 4.99. The molecule has 0 aliphatic carbocycles. The summed E-state index contributed by atoms with van der Waals surface area (Å²) in [6.07, 6.45) is -2.03. The van der Waals surface area contributed by atoms with E-state index >= 15 is 0 Å². The summed E-state index contributed by atoms with van der Waals surface area (Å²) in [6.45, 7) is 0. The normalized spacial score (nSPS) is 20.0. The summed E-state index contributed by atoms with van der Waals surface area (Å²) in [4.78, 5) is 12.4. The number of aliphatic hydroxyl groups is 1. The Kier molecular flexibility index (Phi) is 3.73. The van der Waals surface area contributed by atoms with Crippen LogP contribution in [0.25, 0.3) is 0 Å². The molecule has 0 radical (unpaired) electrons. The third-order valence-corrected chi connectivity index (χ3v) is 3.68. The first-order valence-corrected chi connectivity index (χ1v) is 6.85. The summed E-state index contributed by atoms with van der Waals surface area (Å²) < 4.78 is 16.1. The molecular weight excluding hydrogens is 284 g/mol. The zero-order chi connectivity index (χ0) is 15.7. The van der Waals surface area contributed by atoms with E-state index in [1.807, 2.05) is 0 Å². The number of hydrogen-bond donors (Lipinski definition) is 1. The van der Waals surface area contributed by atoms with E-state index in [2.05, 4.69) is 0 Å². The second-order valence-corrected chi connectivity index (χ2v) is 4.99. The van der Waals surface area contributed by atoms with Crippen molar-refractivity contribution in [3.8, 4) is 17.2 Å². The molecule has 1 heterocycles. The van der Waals surface area contributed by atoms with Crippen molar-refractivity contribution in [1.29, 1.82) is 0 Å². The molecule has 0 aromatic heterocycles. The average Bonchev–Trinajstić information content (AvgIpc) is 2.57. The lowest BCUT2D eigenvalue weighted by Crippen LogP contribution is -2.36. The summed E-state index contributed by atoms with van der Waals surface area (Å²) >= 11 is 0. The lowest BCUT2D eigenvalue weighted by Gasteiger charge is -2.30. The Morgan fingerprint density at radius 3 is 2.50 bits per heavy atom. The van der Waals surface area contributed by atoms with Gasteiger partial charge in [0.25, 0.3) is 0 Å². The fourth-order valence-electron chi connectivity index (χ4n) is 2.50. The molecule has 0 bridgehead atoms. The minimum atomic E-state index is -1.27. The zero-order valence-corrected chi connectivity index (χ0v) is 12.3. The number of aliphatic hydroxyl groups excluding tert-OH is 1. The summed E-state index contributed by atoms with van der Waals surface area (Å²) in [6, 6.07) is 12.1. The van der Waals surface area contributed by atoms with Crippen molar-refractivity contribution in [2.45, 2.75) is 12.2 Å². The number of ketones is 1. The van der Waals surface area contributed by atoms with Crippen LogP contribution in [0.15, 0.2) is 42.5 Å². The van der Waals surface area contributed by atoms with Crippen molar-refractivity contribution >= 4 is 5.78 Å². The Bertz CT molecular complexity index is 710. The molecule has 0 unspecified atom stereocenters. The number of benzene rings is 2. The number of carbonyl (C=O) groups is 1. The maximum Gasteiger partial charge on any atom is 0.199 e. The minimum absolute atomic E-state index is 0.325. The maximum atomic E-state index is 12.4. The van der Waals surface area contributed by atoms with Crippen LogP contribution < -0.4 is 14.2 Å². The SMILES string of the molecule is COc1cccc([C@H]2Oc3ccc(OC)cc3C(=O)[C@@H]2O)c1. The van der Waals surface area contributed by atoms with Crippen LogP contribution in [0.1, 0.15) is 22.0 Å². The molecule has 1 aliphatic heterocycles. The molecular formula is C17H16O5. The summed E-state index contributed by atoms with van der Waals surface area (Å²) in [5.74, 6) is 1.24. The molecule has 5 heteroatoms. The van der Waals surface area contributed by atoms with Crippen molar-refractivity contribution in [2.75, 3.05) is 14.2 Å². The second kappa shape index (κ2) is 5.69. The van der Waals surface area contributed by atoms with E-state index in [9.17, 15) is 9.90 Å². The summed E-state index contributed by atoms with van der Waals surface area (Å²) in [5, 5.41) is 10.3. The quantitative estimate of drug-likeness (QED) is 0.943. The number of methoxy groups -OCH3 is 2. The number of ether oxygens (including phenoxy) is 3. The van der Waals surface area contributed by atoms with Crippen molar-refractivity contribution in [2.24, 2.45) is 0 Å². The minimum Gasteiger partial charge on any atom is -0.497 e. The van der Waals surface area contributed by atoms with Crippen LogP contribution in [0.5, 0.6) is 17.2 Å². The van der Waals surface area contributed by atoms with Gasteiger partial charge in [-0.25, -0.2) is 0 Å². The van der Waals surface area contributed by atoms with Crippen LogP contribution in [0, 0.1) is 0 Å². The molecule has 1 aliphatic rings. The molecule has 5 nitrogen and oxygen atoms in total. The van der Waals surface area contributed by atoms with Crippen LogP contribution in [-0.4, -0.2) is 31.2 Å². The van der Waals surface area contributed by atoms with Crippen LogP contribution in [0.2, 0.25) is 0 Å². The molecule has 0 spiro atoms. The Hall–Kier alpha value is -2.53. The molecule has 2 aromatic rings.